The van der Waals surface area contributed by atoms with Gasteiger partial charge in [0.15, 0.2) is 0 Å². The Morgan fingerprint density at radius 2 is 1.65 bits per heavy atom. The van der Waals surface area contributed by atoms with E-state index in [1.54, 1.807) is 0 Å². The van der Waals surface area contributed by atoms with Crippen LogP contribution in [0.2, 0.25) is 0 Å². The largest absolute Gasteiger partial charge is 0.392 e. The molecule has 0 bridgehead atoms. The van der Waals surface area contributed by atoms with Crippen LogP contribution in [0, 0.1) is 10.8 Å². The van der Waals surface area contributed by atoms with Gasteiger partial charge in [-0.05, 0) is 38.5 Å². The highest BCUT2D eigenvalue weighted by Gasteiger charge is 2.44. The van der Waals surface area contributed by atoms with Crippen LogP contribution < -0.4 is 11.1 Å². The first-order valence-corrected chi connectivity index (χ1v) is 8.02. The number of thiocarbonyl (C=S) groups is 1. The van der Waals surface area contributed by atoms with Crippen LogP contribution >= 0.6 is 12.2 Å². The minimum absolute atomic E-state index is 0.0268. The zero-order chi connectivity index (χ0) is 15.6. The molecule has 4 heteroatoms. The summed E-state index contributed by atoms with van der Waals surface area (Å²) >= 11 is 5.22. The number of carbonyl (C=O) groups excluding carboxylic acids is 1. The van der Waals surface area contributed by atoms with Gasteiger partial charge in [0, 0.05) is 5.54 Å². The maximum atomic E-state index is 12.8. The molecular weight excluding hydrogens is 268 g/mol. The first-order chi connectivity index (χ1) is 8.99. The molecule has 1 amide bonds. The number of amides is 1. The summed E-state index contributed by atoms with van der Waals surface area (Å²) in [4.78, 5) is 13.1. The van der Waals surface area contributed by atoms with Gasteiger partial charge in [-0.15, -0.1) is 0 Å². The standard InChI is InChI=1S/C16H30N2OS/c1-14(2,3)11-15(4,5)18-13(19)16(12(17)20)9-7-6-8-10-16/h6-11H2,1-5H3,(H2,17,20)(H,18,19). The lowest BCUT2D eigenvalue weighted by atomic mass is 9.72. The molecule has 0 unspecified atom stereocenters. The van der Waals surface area contributed by atoms with Gasteiger partial charge < -0.3 is 11.1 Å². The Bertz CT molecular complexity index is 376. The number of nitrogens with one attached hydrogen (secondary N) is 1. The van der Waals surface area contributed by atoms with Crippen LogP contribution in [0.4, 0.5) is 0 Å². The summed E-state index contributed by atoms with van der Waals surface area (Å²) in [7, 11) is 0. The number of nitrogens with two attached hydrogens (primary N) is 1. The summed E-state index contributed by atoms with van der Waals surface area (Å²) in [6.07, 6.45) is 5.73. The van der Waals surface area contributed by atoms with E-state index in [-0.39, 0.29) is 16.9 Å². The van der Waals surface area contributed by atoms with Crippen molar-refractivity contribution in [2.24, 2.45) is 16.6 Å². The normalized spacial score (nSPS) is 19.4. The van der Waals surface area contributed by atoms with Crippen molar-refractivity contribution in [1.29, 1.82) is 0 Å². The average molecular weight is 298 g/mol. The molecule has 1 saturated carbocycles. The molecule has 0 heterocycles. The molecule has 0 aliphatic heterocycles. The van der Waals surface area contributed by atoms with Crippen molar-refractivity contribution in [3.63, 3.8) is 0 Å². The first-order valence-electron chi connectivity index (χ1n) is 7.61. The third-order valence-corrected chi connectivity index (χ3v) is 4.43. The Balaban J connectivity index is 2.84. The quantitative estimate of drug-likeness (QED) is 0.780. The molecule has 3 nitrogen and oxygen atoms in total. The van der Waals surface area contributed by atoms with Crippen LogP contribution in [-0.4, -0.2) is 16.4 Å². The molecule has 1 fully saturated rings. The molecule has 0 radical (unpaired) electrons. The zero-order valence-corrected chi connectivity index (χ0v) is 14.5. The summed E-state index contributed by atoms with van der Waals surface area (Å²) in [5.41, 5.74) is 5.22. The van der Waals surface area contributed by atoms with E-state index < -0.39 is 5.41 Å². The topological polar surface area (TPSA) is 55.1 Å². The van der Waals surface area contributed by atoms with Gasteiger partial charge in [0.2, 0.25) is 5.91 Å². The second kappa shape index (κ2) is 6.00. The Morgan fingerprint density at radius 3 is 2.05 bits per heavy atom. The smallest absolute Gasteiger partial charge is 0.233 e. The fraction of sp³-hybridized carbons (Fsp3) is 0.875. The lowest BCUT2D eigenvalue weighted by Gasteiger charge is -2.40. The van der Waals surface area contributed by atoms with Gasteiger partial charge in [0.25, 0.3) is 0 Å². The highest BCUT2D eigenvalue weighted by molar-refractivity contribution is 7.80. The van der Waals surface area contributed by atoms with E-state index in [1.165, 1.54) is 6.42 Å². The lowest BCUT2D eigenvalue weighted by molar-refractivity contribution is -0.130. The van der Waals surface area contributed by atoms with Crippen LogP contribution in [0.15, 0.2) is 0 Å². The Hall–Kier alpha value is -0.640. The van der Waals surface area contributed by atoms with Crippen molar-refractivity contribution in [2.45, 2.75) is 78.7 Å². The van der Waals surface area contributed by atoms with Crippen molar-refractivity contribution in [3.05, 3.63) is 0 Å². The van der Waals surface area contributed by atoms with Gasteiger partial charge in [0.1, 0.15) is 0 Å². The number of hydrogen-bond acceptors (Lipinski definition) is 2. The fourth-order valence-electron chi connectivity index (χ4n) is 3.54. The zero-order valence-electron chi connectivity index (χ0n) is 13.6. The fourth-order valence-corrected chi connectivity index (χ4v) is 3.83. The molecule has 1 aliphatic carbocycles. The first kappa shape index (κ1) is 17.4. The van der Waals surface area contributed by atoms with E-state index in [0.29, 0.717) is 4.99 Å². The summed E-state index contributed by atoms with van der Waals surface area (Å²) in [6, 6.07) is 0. The minimum atomic E-state index is -0.622. The highest BCUT2D eigenvalue weighted by atomic mass is 32.1. The van der Waals surface area contributed by atoms with E-state index in [2.05, 4.69) is 39.9 Å². The van der Waals surface area contributed by atoms with Crippen LogP contribution in [-0.2, 0) is 4.79 Å². The van der Waals surface area contributed by atoms with Crippen LogP contribution in [0.1, 0.15) is 73.1 Å². The second-order valence-electron chi connectivity index (χ2n) is 8.08. The Morgan fingerprint density at radius 1 is 1.15 bits per heavy atom. The summed E-state index contributed by atoms with van der Waals surface area (Å²) in [5, 5.41) is 3.20. The highest BCUT2D eigenvalue weighted by Crippen LogP contribution is 2.38. The van der Waals surface area contributed by atoms with E-state index in [9.17, 15) is 4.79 Å². The lowest BCUT2D eigenvalue weighted by Crippen LogP contribution is -2.56. The van der Waals surface area contributed by atoms with Crippen LogP contribution in [0.25, 0.3) is 0 Å². The molecule has 1 aliphatic rings. The van der Waals surface area contributed by atoms with E-state index in [1.807, 2.05) is 0 Å². The Labute approximate surface area is 129 Å². The predicted octanol–water partition coefficient (Wildman–Crippen LogP) is 3.55. The molecular formula is C16H30N2OS. The van der Waals surface area contributed by atoms with E-state index >= 15 is 0 Å². The minimum Gasteiger partial charge on any atom is -0.392 e. The molecule has 0 aromatic heterocycles. The van der Waals surface area contributed by atoms with Gasteiger partial charge in [-0.25, -0.2) is 0 Å². The summed E-state index contributed by atoms with van der Waals surface area (Å²) < 4.78 is 0. The van der Waals surface area contributed by atoms with Crippen molar-refractivity contribution in [2.75, 3.05) is 0 Å². The average Bonchev–Trinajstić information content (AvgIpc) is 2.25. The summed E-state index contributed by atoms with van der Waals surface area (Å²) in [6.45, 7) is 10.7. The summed E-state index contributed by atoms with van der Waals surface area (Å²) in [5.74, 6) is 0.0268. The number of carbonyl (C=O) groups is 1. The predicted molar refractivity (Wildman–Crippen MR) is 88.6 cm³/mol. The number of rotatable bonds is 4. The van der Waals surface area contributed by atoms with Gasteiger partial charge in [0.05, 0.1) is 10.4 Å². The van der Waals surface area contributed by atoms with Gasteiger partial charge in [-0.2, -0.15) is 0 Å². The molecule has 20 heavy (non-hydrogen) atoms. The van der Waals surface area contributed by atoms with Crippen molar-refractivity contribution < 1.29 is 4.79 Å². The molecule has 3 N–H and O–H groups in total. The molecule has 1 rings (SSSR count). The van der Waals surface area contributed by atoms with Gasteiger partial charge in [-0.3, -0.25) is 4.79 Å². The third-order valence-electron chi connectivity index (χ3n) is 4.04. The van der Waals surface area contributed by atoms with Crippen molar-refractivity contribution in [3.8, 4) is 0 Å². The molecule has 0 atom stereocenters. The molecule has 0 aromatic rings. The molecule has 0 spiro atoms. The third kappa shape index (κ3) is 4.44. The SMILES string of the molecule is CC(C)(C)CC(C)(C)NC(=O)C1(C(N)=S)CCCCC1. The van der Waals surface area contributed by atoms with Gasteiger partial charge in [-0.1, -0.05) is 52.3 Å². The maximum Gasteiger partial charge on any atom is 0.233 e. The second-order valence-corrected chi connectivity index (χ2v) is 8.52. The Kier molecular flexibility index (Phi) is 5.23. The van der Waals surface area contributed by atoms with Crippen LogP contribution in [0.3, 0.4) is 0 Å². The van der Waals surface area contributed by atoms with Crippen molar-refractivity contribution >= 4 is 23.1 Å². The molecule has 116 valence electrons. The van der Waals surface area contributed by atoms with E-state index in [0.717, 1.165) is 32.1 Å². The van der Waals surface area contributed by atoms with E-state index in [4.69, 9.17) is 18.0 Å². The monoisotopic (exact) mass is 298 g/mol. The van der Waals surface area contributed by atoms with Crippen molar-refractivity contribution in [1.82, 2.24) is 5.32 Å². The van der Waals surface area contributed by atoms with Gasteiger partial charge >= 0.3 is 0 Å². The van der Waals surface area contributed by atoms with Crippen LogP contribution in [0.5, 0.6) is 0 Å². The molecule has 0 aromatic carbocycles. The molecule has 0 saturated heterocycles. The number of hydrogen-bond donors (Lipinski definition) is 2. The maximum absolute atomic E-state index is 12.8.